The Balaban J connectivity index is 0.000000289. The lowest BCUT2D eigenvalue weighted by Gasteiger charge is -2.26. The van der Waals surface area contributed by atoms with Gasteiger partial charge in [0.2, 0.25) is 0 Å². The summed E-state index contributed by atoms with van der Waals surface area (Å²) in [4.78, 5) is 20.5. The average Bonchev–Trinajstić information content (AvgIpc) is 2.99. The van der Waals surface area contributed by atoms with Crippen molar-refractivity contribution in [2.24, 2.45) is 11.5 Å². The molecule has 0 radical (unpaired) electrons. The zero-order chi connectivity index (χ0) is 28.7. The molecule has 0 spiro atoms. The molecule has 8 heteroatoms. The molecule has 40 heavy (non-hydrogen) atoms. The average molecular weight is 575 g/mol. The molecule has 0 heterocycles. The summed E-state index contributed by atoms with van der Waals surface area (Å²) in [7, 11) is -0.817. The molecule has 0 aromatic heterocycles. The number of nitrogens with two attached hydrogens (primary N) is 2. The van der Waals surface area contributed by atoms with Gasteiger partial charge in [0.15, 0.2) is 0 Å². The molecule has 0 aliphatic carbocycles. The van der Waals surface area contributed by atoms with Gasteiger partial charge in [-0.15, -0.1) is 0 Å². The molecule has 0 saturated heterocycles. The Kier molecular flexibility index (Phi) is 13.0. The van der Waals surface area contributed by atoms with Gasteiger partial charge < -0.3 is 21.7 Å². The van der Waals surface area contributed by atoms with E-state index in [-0.39, 0.29) is 12.8 Å². The molecule has 0 bridgehead atoms. The fourth-order valence-electron chi connectivity index (χ4n) is 4.00. The van der Waals surface area contributed by atoms with Crippen LogP contribution in [-0.4, -0.2) is 40.1 Å². The predicted octanol–water partition coefficient (Wildman–Crippen LogP) is 4.19. The zero-order valence-electron chi connectivity index (χ0n) is 22.3. The summed E-state index contributed by atoms with van der Waals surface area (Å²) in [6.07, 6.45) is 0.896. The van der Waals surface area contributed by atoms with Crippen molar-refractivity contribution in [1.29, 1.82) is 0 Å². The lowest BCUT2D eigenvalue weighted by Crippen LogP contribution is -2.33. The highest BCUT2D eigenvalue weighted by Crippen LogP contribution is 2.48. The normalized spacial score (nSPS) is 12.3. The van der Waals surface area contributed by atoms with Crippen LogP contribution >= 0.6 is 15.8 Å². The molecule has 0 amide bonds. The van der Waals surface area contributed by atoms with Crippen LogP contribution in [0.1, 0.15) is 19.3 Å². The van der Waals surface area contributed by atoms with Crippen molar-refractivity contribution in [3.8, 4) is 0 Å². The summed E-state index contributed by atoms with van der Waals surface area (Å²) in [6.45, 7) is 0. The summed E-state index contributed by atoms with van der Waals surface area (Å²) in [5, 5.41) is 22.6. The van der Waals surface area contributed by atoms with E-state index in [2.05, 4.69) is 121 Å². The minimum atomic E-state index is -1.08. The molecule has 4 aromatic rings. The highest BCUT2D eigenvalue weighted by molar-refractivity contribution is 7.88. The number of aliphatic carboxylic acids is 2. The number of carbonyl (C=O) groups is 2. The van der Waals surface area contributed by atoms with Crippen molar-refractivity contribution in [3.63, 3.8) is 0 Å². The van der Waals surface area contributed by atoms with E-state index in [1.165, 1.54) is 27.1 Å². The van der Waals surface area contributed by atoms with Crippen LogP contribution in [0.3, 0.4) is 0 Å². The Labute approximate surface area is 238 Å². The molecule has 0 aliphatic rings. The van der Waals surface area contributed by atoms with Gasteiger partial charge in [-0.2, -0.15) is 0 Å². The van der Waals surface area contributed by atoms with Gasteiger partial charge in [-0.3, -0.25) is 9.59 Å². The molecule has 0 saturated carbocycles. The van der Waals surface area contributed by atoms with E-state index >= 15 is 0 Å². The monoisotopic (exact) mass is 574 g/mol. The molecule has 208 valence electrons. The lowest BCUT2D eigenvalue weighted by atomic mass is 10.1. The summed E-state index contributed by atoms with van der Waals surface area (Å²) in [6, 6.07) is 42.3. The highest BCUT2D eigenvalue weighted by atomic mass is 31.2. The van der Waals surface area contributed by atoms with E-state index < -0.39 is 39.9 Å². The first-order valence-corrected chi connectivity index (χ1v) is 16.1. The number of carboxylic acid groups (broad SMARTS) is 2. The standard InChI is InChI=1S/C25H22P2.C7H14N2O4/c1-5-13-22(14-6-1)26(23-15-7-2-8-16-23)21-27(24-17-9-3-10-18-24)25-19-11-4-12-20-25;8-4(6(10)11)2-1-3-5(9)7(12)13/h1-20H,21H2;4-5H,1-3,8-9H2,(H,10,11)(H,12,13). The van der Waals surface area contributed by atoms with Gasteiger partial charge in [0.1, 0.15) is 12.1 Å². The van der Waals surface area contributed by atoms with Gasteiger partial charge in [0.05, 0.1) is 0 Å². The van der Waals surface area contributed by atoms with Crippen LogP contribution < -0.4 is 32.7 Å². The van der Waals surface area contributed by atoms with Crippen LogP contribution in [0.4, 0.5) is 0 Å². The maximum absolute atomic E-state index is 10.2. The second-order valence-electron chi connectivity index (χ2n) is 9.16. The third-order valence-electron chi connectivity index (χ3n) is 6.22. The minimum absolute atomic E-state index is 0.246. The molecule has 0 aliphatic heterocycles. The van der Waals surface area contributed by atoms with Gasteiger partial charge >= 0.3 is 11.9 Å². The third kappa shape index (κ3) is 9.97. The van der Waals surface area contributed by atoms with E-state index in [1.54, 1.807) is 0 Å². The van der Waals surface area contributed by atoms with Crippen LogP contribution in [0.25, 0.3) is 0 Å². The quantitative estimate of drug-likeness (QED) is 0.188. The summed E-state index contributed by atoms with van der Waals surface area (Å²) in [5.41, 5.74) is 10.4. The van der Waals surface area contributed by atoms with Crippen molar-refractivity contribution in [1.82, 2.24) is 0 Å². The molecule has 6 N–H and O–H groups in total. The lowest BCUT2D eigenvalue weighted by molar-refractivity contribution is -0.139. The van der Waals surface area contributed by atoms with E-state index in [0.717, 1.165) is 0 Å². The fourth-order valence-corrected chi connectivity index (χ4v) is 10.5. The Morgan fingerprint density at radius 1 is 0.525 bits per heavy atom. The molecule has 4 aromatic carbocycles. The molecule has 4 rings (SSSR count). The first-order chi connectivity index (χ1) is 19.4. The van der Waals surface area contributed by atoms with Crippen LogP contribution in [0.2, 0.25) is 0 Å². The van der Waals surface area contributed by atoms with Gasteiger partial charge in [-0.05, 0) is 56.3 Å². The number of hydrogen-bond donors (Lipinski definition) is 4. The van der Waals surface area contributed by atoms with Gasteiger partial charge in [-0.25, -0.2) is 0 Å². The van der Waals surface area contributed by atoms with Gasteiger partial charge in [-0.1, -0.05) is 121 Å². The Bertz CT molecular complexity index is 1120. The number of hydrogen-bond acceptors (Lipinski definition) is 4. The molecule has 2 atom stereocenters. The predicted molar refractivity (Wildman–Crippen MR) is 168 cm³/mol. The molecular formula is C32H36N2O4P2. The molecular weight excluding hydrogens is 538 g/mol. The molecule has 0 fully saturated rings. The maximum Gasteiger partial charge on any atom is 0.320 e. The van der Waals surface area contributed by atoms with Gasteiger partial charge in [0.25, 0.3) is 0 Å². The van der Waals surface area contributed by atoms with Crippen molar-refractivity contribution in [3.05, 3.63) is 121 Å². The van der Waals surface area contributed by atoms with Gasteiger partial charge in [0, 0.05) is 5.90 Å². The van der Waals surface area contributed by atoms with Crippen molar-refractivity contribution >= 4 is 49.0 Å². The largest absolute Gasteiger partial charge is 0.480 e. The summed E-state index contributed by atoms with van der Waals surface area (Å²) in [5.74, 6) is -0.986. The summed E-state index contributed by atoms with van der Waals surface area (Å²) >= 11 is 0. The van der Waals surface area contributed by atoms with Crippen LogP contribution in [0.5, 0.6) is 0 Å². The van der Waals surface area contributed by atoms with Crippen LogP contribution in [0.15, 0.2) is 121 Å². The van der Waals surface area contributed by atoms with Crippen molar-refractivity contribution in [2.75, 3.05) is 5.90 Å². The van der Waals surface area contributed by atoms with E-state index in [0.29, 0.717) is 6.42 Å². The Hall–Kier alpha value is -3.40. The SMILES string of the molecule is NC(CCCC(N)C(=O)O)C(=O)O.c1ccc(P(CP(c2ccccc2)c2ccccc2)c2ccccc2)cc1. The topological polar surface area (TPSA) is 127 Å². The molecule has 2 unspecified atom stereocenters. The van der Waals surface area contributed by atoms with Crippen molar-refractivity contribution < 1.29 is 19.8 Å². The van der Waals surface area contributed by atoms with Crippen LogP contribution in [0, 0.1) is 0 Å². The van der Waals surface area contributed by atoms with E-state index in [4.69, 9.17) is 21.7 Å². The number of carboxylic acids is 2. The maximum atomic E-state index is 10.2. The van der Waals surface area contributed by atoms with Crippen LogP contribution in [-0.2, 0) is 9.59 Å². The van der Waals surface area contributed by atoms with E-state index in [9.17, 15) is 9.59 Å². The molecule has 6 nitrogen and oxygen atoms in total. The minimum Gasteiger partial charge on any atom is -0.480 e. The zero-order valence-corrected chi connectivity index (χ0v) is 24.1. The first kappa shape index (κ1) is 31.1. The third-order valence-corrected chi connectivity index (χ3v) is 12.2. The summed E-state index contributed by atoms with van der Waals surface area (Å²) < 4.78 is 0. The van der Waals surface area contributed by atoms with E-state index in [1.807, 2.05) is 0 Å². The van der Waals surface area contributed by atoms with Crippen molar-refractivity contribution in [2.45, 2.75) is 31.3 Å². The second kappa shape index (κ2) is 16.6. The highest BCUT2D eigenvalue weighted by Gasteiger charge is 2.22. The number of benzene rings is 4. The number of rotatable bonds is 12. The second-order valence-corrected chi connectivity index (χ2v) is 14.1. The Morgan fingerprint density at radius 2 is 0.775 bits per heavy atom. The Morgan fingerprint density at radius 3 is 1.00 bits per heavy atom. The smallest absolute Gasteiger partial charge is 0.320 e. The first-order valence-electron chi connectivity index (χ1n) is 13.1. The fraction of sp³-hybridized carbons (Fsp3) is 0.188.